The van der Waals surface area contributed by atoms with E-state index in [0.29, 0.717) is 5.92 Å². The van der Waals surface area contributed by atoms with E-state index in [1.165, 1.54) is 0 Å². The van der Waals surface area contributed by atoms with E-state index in [1.807, 2.05) is 6.08 Å². The van der Waals surface area contributed by atoms with Crippen LogP contribution in [0.4, 0.5) is 0 Å². The fourth-order valence-corrected chi connectivity index (χ4v) is 1.47. The summed E-state index contributed by atoms with van der Waals surface area (Å²) in [6, 6.07) is 0. The van der Waals surface area contributed by atoms with Crippen LogP contribution in [0.3, 0.4) is 0 Å². The standard InChI is InChI=1S/C12H22O2/c1-9(12(2,3)4)8-10(13)11-6-5-7-14-11/h6,9-10,13H,5,7-8H2,1-4H3. The van der Waals surface area contributed by atoms with E-state index in [9.17, 15) is 5.11 Å². The summed E-state index contributed by atoms with van der Waals surface area (Å²) >= 11 is 0. The summed E-state index contributed by atoms with van der Waals surface area (Å²) in [5.41, 5.74) is 0.250. The Hall–Kier alpha value is -0.500. The molecule has 0 saturated carbocycles. The van der Waals surface area contributed by atoms with E-state index in [2.05, 4.69) is 27.7 Å². The molecule has 0 fully saturated rings. The van der Waals surface area contributed by atoms with Crippen molar-refractivity contribution in [2.24, 2.45) is 11.3 Å². The minimum Gasteiger partial charge on any atom is -0.495 e. The van der Waals surface area contributed by atoms with Crippen molar-refractivity contribution >= 4 is 0 Å². The number of hydrogen-bond donors (Lipinski definition) is 1. The first kappa shape index (κ1) is 11.6. The molecule has 1 N–H and O–H groups in total. The molecule has 0 radical (unpaired) electrons. The van der Waals surface area contributed by atoms with Gasteiger partial charge < -0.3 is 9.84 Å². The van der Waals surface area contributed by atoms with Gasteiger partial charge in [-0.25, -0.2) is 0 Å². The zero-order valence-corrected chi connectivity index (χ0v) is 9.71. The Morgan fingerprint density at radius 2 is 2.14 bits per heavy atom. The van der Waals surface area contributed by atoms with Gasteiger partial charge in [0.1, 0.15) is 11.9 Å². The molecule has 1 rings (SSSR count). The van der Waals surface area contributed by atoms with Gasteiger partial charge in [0.2, 0.25) is 0 Å². The van der Waals surface area contributed by atoms with Crippen molar-refractivity contribution in [1.82, 2.24) is 0 Å². The predicted octanol–water partition coefficient (Wildman–Crippen LogP) is 2.72. The van der Waals surface area contributed by atoms with E-state index in [4.69, 9.17) is 4.74 Å². The molecule has 2 nitrogen and oxygen atoms in total. The van der Waals surface area contributed by atoms with Crippen molar-refractivity contribution < 1.29 is 9.84 Å². The molecule has 0 aromatic carbocycles. The predicted molar refractivity (Wildman–Crippen MR) is 57.9 cm³/mol. The number of hydrogen-bond acceptors (Lipinski definition) is 2. The SMILES string of the molecule is CC(CC(O)C1=CCCO1)C(C)(C)C. The Bertz CT molecular complexity index is 213. The van der Waals surface area contributed by atoms with Gasteiger partial charge in [0.15, 0.2) is 0 Å². The zero-order valence-electron chi connectivity index (χ0n) is 9.71. The Labute approximate surface area is 87.0 Å². The highest BCUT2D eigenvalue weighted by molar-refractivity contribution is 5.04. The van der Waals surface area contributed by atoms with Gasteiger partial charge in [-0.05, 0) is 23.8 Å². The molecular weight excluding hydrogens is 176 g/mol. The second-order valence-electron chi connectivity index (χ2n) is 5.26. The largest absolute Gasteiger partial charge is 0.495 e. The molecule has 2 heteroatoms. The molecule has 0 saturated heterocycles. The molecule has 0 spiro atoms. The monoisotopic (exact) mass is 198 g/mol. The fourth-order valence-electron chi connectivity index (χ4n) is 1.47. The van der Waals surface area contributed by atoms with E-state index >= 15 is 0 Å². The number of ether oxygens (including phenoxy) is 1. The van der Waals surface area contributed by atoms with Gasteiger partial charge in [0.25, 0.3) is 0 Å². The van der Waals surface area contributed by atoms with Crippen molar-refractivity contribution in [3.05, 3.63) is 11.8 Å². The Morgan fingerprint density at radius 3 is 2.57 bits per heavy atom. The van der Waals surface area contributed by atoms with Crippen LogP contribution in [-0.2, 0) is 4.74 Å². The molecule has 0 amide bonds. The summed E-state index contributed by atoms with van der Waals surface area (Å²) in [5, 5.41) is 9.89. The first-order chi connectivity index (χ1) is 6.41. The first-order valence-corrected chi connectivity index (χ1v) is 5.42. The van der Waals surface area contributed by atoms with Crippen molar-refractivity contribution in [2.45, 2.75) is 46.6 Å². The molecule has 1 aliphatic rings. The van der Waals surface area contributed by atoms with Crippen molar-refractivity contribution in [3.8, 4) is 0 Å². The molecule has 1 heterocycles. The lowest BCUT2D eigenvalue weighted by molar-refractivity contribution is 0.0809. The smallest absolute Gasteiger partial charge is 0.121 e. The van der Waals surface area contributed by atoms with Gasteiger partial charge in [-0.3, -0.25) is 0 Å². The Balaban J connectivity index is 2.44. The van der Waals surface area contributed by atoms with Crippen molar-refractivity contribution in [1.29, 1.82) is 0 Å². The third kappa shape index (κ3) is 3.02. The van der Waals surface area contributed by atoms with Gasteiger partial charge in [-0.1, -0.05) is 27.7 Å². The lowest BCUT2D eigenvalue weighted by Gasteiger charge is -2.29. The maximum Gasteiger partial charge on any atom is 0.121 e. The number of aliphatic hydroxyl groups excluding tert-OH is 1. The van der Waals surface area contributed by atoms with E-state index in [1.54, 1.807) is 0 Å². The summed E-state index contributed by atoms with van der Waals surface area (Å²) in [5.74, 6) is 1.27. The zero-order chi connectivity index (χ0) is 10.8. The summed E-state index contributed by atoms with van der Waals surface area (Å²) in [7, 11) is 0. The summed E-state index contributed by atoms with van der Waals surface area (Å²) in [6.07, 6.45) is 3.32. The maximum atomic E-state index is 9.89. The highest BCUT2D eigenvalue weighted by Crippen LogP contribution is 2.31. The molecule has 0 aromatic rings. The van der Waals surface area contributed by atoms with E-state index in [0.717, 1.165) is 25.2 Å². The van der Waals surface area contributed by atoms with Crippen LogP contribution < -0.4 is 0 Å². The summed E-state index contributed by atoms with van der Waals surface area (Å²) in [4.78, 5) is 0. The van der Waals surface area contributed by atoms with Gasteiger partial charge in [-0.15, -0.1) is 0 Å². The van der Waals surface area contributed by atoms with Gasteiger partial charge in [-0.2, -0.15) is 0 Å². The van der Waals surface area contributed by atoms with Crippen LogP contribution in [0.1, 0.15) is 40.5 Å². The quantitative estimate of drug-likeness (QED) is 0.755. The molecule has 0 aromatic heterocycles. The highest BCUT2D eigenvalue weighted by Gasteiger charge is 2.25. The molecule has 2 unspecified atom stereocenters. The lowest BCUT2D eigenvalue weighted by Crippen LogP contribution is -2.24. The molecule has 1 aliphatic heterocycles. The molecular formula is C12H22O2. The van der Waals surface area contributed by atoms with E-state index in [-0.39, 0.29) is 5.41 Å². The normalized spacial score (nSPS) is 21.4. The highest BCUT2D eigenvalue weighted by atomic mass is 16.5. The molecule has 82 valence electrons. The average Bonchev–Trinajstić information content (AvgIpc) is 2.53. The molecule has 0 bridgehead atoms. The number of rotatable bonds is 3. The fraction of sp³-hybridized carbons (Fsp3) is 0.833. The van der Waals surface area contributed by atoms with Crippen LogP contribution in [0.15, 0.2) is 11.8 Å². The maximum absolute atomic E-state index is 9.89. The van der Waals surface area contributed by atoms with Crippen molar-refractivity contribution in [3.63, 3.8) is 0 Å². The first-order valence-electron chi connectivity index (χ1n) is 5.42. The van der Waals surface area contributed by atoms with Crippen LogP contribution >= 0.6 is 0 Å². The van der Waals surface area contributed by atoms with Crippen LogP contribution in [0, 0.1) is 11.3 Å². The third-order valence-electron chi connectivity index (χ3n) is 3.12. The minimum absolute atomic E-state index is 0.250. The second kappa shape index (κ2) is 4.35. The minimum atomic E-state index is -0.410. The van der Waals surface area contributed by atoms with Gasteiger partial charge in [0.05, 0.1) is 6.61 Å². The Morgan fingerprint density at radius 1 is 1.50 bits per heavy atom. The average molecular weight is 198 g/mol. The topological polar surface area (TPSA) is 29.5 Å². The van der Waals surface area contributed by atoms with Gasteiger partial charge >= 0.3 is 0 Å². The van der Waals surface area contributed by atoms with E-state index < -0.39 is 6.10 Å². The number of aliphatic hydroxyl groups is 1. The molecule has 14 heavy (non-hydrogen) atoms. The summed E-state index contributed by atoms with van der Waals surface area (Å²) < 4.78 is 5.34. The van der Waals surface area contributed by atoms with Crippen LogP contribution in [0.25, 0.3) is 0 Å². The van der Waals surface area contributed by atoms with Crippen LogP contribution in [0.5, 0.6) is 0 Å². The van der Waals surface area contributed by atoms with Crippen molar-refractivity contribution in [2.75, 3.05) is 6.61 Å². The lowest BCUT2D eigenvalue weighted by atomic mass is 9.79. The summed E-state index contributed by atoms with van der Waals surface area (Å²) in [6.45, 7) is 9.52. The second-order valence-corrected chi connectivity index (χ2v) is 5.26. The third-order valence-corrected chi connectivity index (χ3v) is 3.12. The van der Waals surface area contributed by atoms with Crippen LogP contribution in [0.2, 0.25) is 0 Å². The Kier molecular flexibility index (Phi) is 3.59. The van der Waals surface area contributed by atoms with Crippen LogP contribution in [-0.4, -0.2) is 17.8 Å². The molecule has 2 atom stereocenters. The van der Waals surface area contributed by atoms with Gasteiger partial charge in [0, 0.05) is 6.42 Å². The molecule has 0 aliphatic carbocycles.